The Morgan fingerprint density at radius 2 is 2.22 bits per heavy atom. The number of para-hydroxylation sites is 1. The van der Waals surface area contributed by atoms with Gasteiger partial charge in [0.2, 0.25) is 5.95 Å². The number of aryl methyl sites for hydroxylation is 1. The lowest BCUT2D eigenvalue weighted by atomic mass is 10.2. The van der Waals surface area contributed by atoms with Gasteiger partial charge in [0.25, 0.3) is 5.56 Å². The SMILES string of the molecule is CCOc1cccc(/C=N\Nc2nc(CC)cc(=O)[nH]2)c1OC. The number of hydrogen-bond acceptors (Lipinski definition) is 6. The number of benzene rings is 1. The molecule has 122 valence electrons. The average molecular weight is 316 g/mol. The maximum absolute atomic E-state index is 11.5. The van der Waals surface area contributed by atoms with Crippen LogP contribution in [-0.4, -0.2) is 29.9 Å². The smallest absolute Gasteiger partial charge is 0.252 e. The van der Waals surface area contributed by atoms with Gasteiger partial charge in [0.15, 0.2) is 11.5 Å². The zero-order valence-corrected chi connectivity index (χ0v) is 13.4. The van der Waals surface area contributed by atoms with Crippen molar-refractivity contribution in [3.8, 4) is 11.5 Å². The summed E-state index contributed by atoms with van der Waals surface area (Å²) in [5.74, 6) is 1.55. The predicted octanol–water partition coefficient (Wildman–Crippen LogP) is 2.19. The van der Waals surface area contributed by atoms with Crippen molar-refractivity contribution in [2.45, 2.75) is 20.3 Å². The maximum Gasteiger partial charge on any atom is 0.252 e. The molecule has 1 aromatic carbocycles. The third-order valence-corrected chi connectivity index (χ3v) is 3.04. The summed E-state index contributed by atoms with van der Waals surface area (Å²) in [4.78, 5) is 18.3. The lowest BCUT2D eigenvalue weighted by Crippen LogP contribution is -2.11. The Labute approximate surface area is 134 Å². The number of methoxy groups -OCH3 is 1. The number of anilines is 1. The van der Waals surface area contributed by atoms with Crippen LogP contribution in [0.25, 0.3) is 0 Å². The predicted molar refractivity (Wildman–Crippen MR) is 89.6 cm³/mol. The zero-order chi connectivity index (χ0) is 16.7. The normalized spacial score (nSPS) is 10.7. The van der Waals surface area contributed by atoms with Gasteiger partial charge in [0.1, 0.15) is 0 Å². The Kier molecular flexibility index (Phi) is 5.74. The molecule has 7 heteroatoms. The van der Waals surface area contributed by atoms with Crippen molar-refractivity contribution in [1.82, 2.24) is 9.97 Å². The van der Waals surface area contributed by atoms with E-state index in [1.165, 1.54) is 6.07 Å². The van der Waals surface area contributed by atoms with Crippen LogP contribution in [0.5, 0.6) is 11.5 Å². The Balaban J connectivity index is 2.19. The van der Waals surface area contributed by atoms with Gasteiger partial charge >= 0.3 is 0 Å². The largest absolute Gasteiger partial charge is 0.492 e. The summed E-state index contributed by atoms with van der Waals surface area (Å²) in [5, 5.41) is 4.10. The van der Waals surface area contributed by atoms with Crippen molar-refractivity contribution >= 4 is 12.2 Å². The fourth-order valence-electron chi connectivity index (χ4n) is 2.03. The van der Waals surface area contributed by atoms with Crippen LogP contribution in [0.15, 0.2) is 34.2 Å². The number of H-pyrrole nitrogens is 1. The molecule has 0 amide bonds. The first-order chi connectivity index (χ1) is 11.2. The zero-order valence-electron chi connectivity index (χ0n) is 13.4. The second-order valence-electron chi connectivity index (χ2n) is 4.62. The number of rotatable bonds is 7. The van der Waals surface area contributed by atoms with Crippen molar-refractivity contribution in [3.63, 3.8) is 0 Å². The van der Waals surface area contributed by atoms with Crippen molar-refractivity contribution in [2.24, 2.45) is 5.10 Å². The molecule has 0 saturated heterocycles. The van der Waals surface area contributed by atoms with E-state index in [2.05, 4.69) is 20.5 Å². The molecule has 1 heterocycles. The van der Waals surface area contributed by atoms with Crippen molar-refractivity contribution < 1.29 is 9.47 Å². The molecule has 0 saturated carbocycles. The summed E-state index contributed by atoms with van der Waals surface area (Å²) in [6.07, 6.45) is 2.26. The van der Waals surface area contributed by atoms with E-state index in [1.54, 1.807) is 13.3 Å². The van der Waals surface area contributed by atoms with Gasteiger partial charge in [-0.3, -0.25) is 9.78 Å². The van der Waals surface area contributed by atoms with E-state index < -0.39 is 0 Å². The molecular formula is C16H20N4O3. The van der Waals surface area contributed by atoms with Crippen LogP contribution in [0.4, 0.5) is 5.95 Å². The molecule has 0 aliphatic heterocycles. The first kappa shape index (κ1) is 16.5. The van der Waals surface area contributed by atoms with E-state index in [0.717, 1.165) is 5.56 Å². The Morgan fingerprint density at radius 3 is 2.91 bits per heavy atom. The molecule has 0 unspecified atom stereocenters. The van der Waals surface area contributed by atoms with Crippen LogP contribution in [0.3, 0.4) is 0 Å². The Morgan fingerprint density at radius 1 is 1.39 bits per heavy atom. The van der Waals surface area contributed by atoms with E-state index in [-0.39, 0.29) is 5.56 Å². The van der Waals surface area contributed by atoms with Crippen LogP contribution < -0.4 is 20.5 Å². The number of hydrazone groups is 1. The van der Waals surface area contributed by atoms with E-state index >= 15 is 0 Å². The van der Waals surface area contributed by atoms with Gasteiger partial charge in [0.05, 0.1) is 19.9 Å². The number of aromatic nitrogens is 2. The molecule has 0 radical (unpaired) electrons. The van der Waals surface area contributed by atoms with E-state index in [9.17, 15) is 4.79 Å². The molecular weight excluding hydrogens is 296 g/mol. The van der Waals surface area contributed by atoms with Crippen molar-refractivity contribution in [3.05, 3.63) is 45.9 Å². The van der Waals surface area contributed by atoms with Crippen LogP contribution in [0.1, 0.15) is 25.1 Å². The van der Waals surface area contributed by atoms with Crippen molar-refractivity contribution in [2.75, 3.05) is 19.1 Å². The van der Waals surface area contributed by atoms with Gasteiger partial charge in [-0.2, -0.15) is 5.10 Å². The first-order valence-electron chi connectivity index (χ1n) is 7.37. The fourth-order valence-corrected chi connectivity index (χ4v) is 2.03. The molecule has 0 spiro atoms. The van der Waals surface area contributed by atoms with Crippen molar-refractivity contribution in [1.29, 1.82) is 0 Å². The third-order valence-electron chi connectivity index (χ3n) is 3.04. The molecule has 7 nitrogen and oxygen atoms in total. The van der Waals surface area contributed by atoms with Crippen LogP contribution in [-0.2, 0) is 6.42 Å². The molecule has 2 N–H and O–H groups in total. The molecule has 0 aliphatic rings. The van der Waals surface area contributed by atoms with E-state index in [4.69, 9.17) is 9.47 Å². The molecule has 1 aromatic heterocycles. The summed E-state index contributed by atoms with van der Waals surface area (Å²) >= 11 is 0. The molecule has 0 bridgehead atoms. The highest BCUT2D eigenvalue weighted by atomic mass is 16.5. The minimum atomic E-state index is -0.217. The van der Waals surface area contributed by atoms with Gasteiger partial charge in [-0.05, 0) is 25.5 Å². The Bertz CT molecular complexity index is 740. The lowest BCUT2D eigenvalue weighted by Gasteiger charge is -2.11. The summed E-state index contributed by atoms with van der Waals surface area (Å²) < 4.78 is 10.9. The van der Waals surface area contributed by atoms with Gasteiger partial charge in [-0.25, -0.2) is 10.4 Å². The monoisotopic (exact) mass is 316 g/mol. The molecule has 2 aromatic rings. The first-order valence-corrected chi connectivity index (χ1v) is 7.37. The molecule has 23 heavy (non-hydrogen) atoms. The highest BCUT2D eigenvalue weighted by Crippen LogP contribution is 2.29. The highest BCUT2D eigenvalue weighted by Gasteiger charge is 2.08. The minimum absolute atomic E-state index is 0.217. The fraction of sp³-hybridized carbons (Fsp3) is 0.312. The number of nitrogens with zero attached hydrogens (tertiary/aromatic N) is 2. The summed E-state index contributed by atoms with van der Waals surface area (Å²) in [7, 11) is 1.58. The van der Waals surface area contributed by atoms with Crippen LogP contribution in [0.2, 0.25) is 0 Å². The average Bonchev–Trinajstić information content (AvgIpc) is 2.55. The third kappa shape index (κ3) is 4.32. The van der Waals surface area contributed by atoms with Gasteiger partial charge in [-0.1, -0.05) is 13.0 Å². The number of aromatic amines is 1. The summed E-state index contributed by atoms with van der Waals surface area (Å²) in [6, 6.07) is 7.00. The van der Waals surface area contributed by atoms with Gasteiger partial charge in [0, 0.05) is 17.3 Å². The highest BCUT2D eigenvalue weighted by molar-refractivity contribution is 5.85. The van der Waals surface area contributed by atoms with Gasteiger partial charge < -0.3 is 9.47 Å². The number of hydrogen-bond donors (Lipinski definition) is 2. The second-order valence-corrected chi connectivity index (χ2v) is 4.62. The summed E-state index contributed by atoms with van der Waals surface area (Å²) in [5.41, 5.74) is 3.95. The Hall–Kier alpha value is -2.83. The molecule has 2 rings (SSSR count). The molecule has 0 fully saturated rings. The summed E-state index contributed by atoms with van der Waals surface area (Å²) in [6.45, 7) is 4.38. The minimum Gasteiger partial charge on any atom is -0.492 e. The maximum atomic E-state index is 11.5. The van der Waals surface area contributed by atoms with E-state index in [1.807, 2.05) is 32.0 Å². The van der Waals surface area contributed by atoms with Gasteiger partial charge in [-0.15, -0.1) is 0 Å². The van der Waals surface area contributed by atoms with Crippen LogP contribution in [0, 0.1) is 0 Å². The standard InChI is InChI=1S/C16H20N4O3/c1-4-12-9-14(21)19-16(18-12)20-17-10-11-7-6-8-13(23-5-2)15(11)22-3/h6-10H,4-5H2,1-3H3,(H2,18,19,20,21)/b17-10-. The van der Waals surface area contributed by atoms with E-state index in [0.29, 0.717) is 36.2 Å². The second kappa shape index (κ2) is 7.98. The number of nitrogens with one attached hydrogen (secondary N) is 2. The molecule has 0 aliphatic carbocycles. The molecule has 0 atom stereocenters. The lowest BCUT2D eigenvalue weighted by molar-refractivity contribution is 0.311. The topological polar surface area (TPSA) is 88.6 Å². The van der Waals surface area contributed by atoms with Crippen LogP contribution >= 0.6 is 0 Å². The number of ether oxygens (including phenoxy) is 2. The quantitative estimate of drug-likeness (QED) is 0.604.